The van der Waals surface area contributed by atoms with Crippen molar-refractivity contribution >= 4 is 45.4 Å². The molecule has 0 bridgehead atoms. The third-order valence-electron chi connectivity index (χ3n) is 4.07. The SMILES string of the molecule is CC(=O)N(c1ccc(C)c(C)c1)c1nc(COC(=O)Cc2cccs2)cs1. The summed E-state index contributed by atoms with van der Waals surface area (Å²) < 4.78 is 5.30. The summed E-state index contributed by atoms with van der Waals surface area (Å²) in [4.78, 5) is 31.1. The lowest BCUT2D eigenvalue weighted by atomic mass is 10.1. The van der Waals surface area contributed by atoms with Gasteiger partial charge in [-0.25, -0.2) is 4.98 Å². The quantitative estimate of drug-likeness (QED) is 0.558. The highest BCUT2D eigenvalue weighted by Crippen LogP contribution is 2.30. The minimum atomic E-state index is -0.287. The van der Waals surface area contributed by atoms with Crippen molar-refractivity contribution in [3.8, 4) is 0 Å². The molecule has 0 aliphatic heterocycles. The topological polar surface area (TPSA) is 59.5 Å². The third-order valence-corrected chi connectivity index (χ3v) is 5.83. The van der Waals surface area contributed by atoms with E-state index in [2.05, 4.69) is 4.98 Å². The maximum absolute atomic E-state index is 12.2. The summed E-state index contributed by atoms with van der Waals surface area (Å²) in [5.41, 5.74) is 3.68. The van der Waals surface area contributed by atoms with E-state index in [1.165, 1.54) is 35.2 Å². The predicted molar refractivity (Wildman–Crippen MR) is 109 cm³/mol. The van der Waals surface area contributed by atoms with Gasteiger partial charge in [0.2, 0.25) is 5.91 Å². The molecule has 0 spiro atoms. The van der Waals surface area contributed by atoms with Crippen LogP contribution in [0.4, 0.5) is 10.8 Å². The fourth-order valence-electron chi connectivity index (χ4n) is 2.52. The van der Waals surface area contributed by atoms with E-state index in [9.17, 15) is 9.59 Å². The average molecular weight is 401 g/mol. The molecule has 3 rings (SSSR count). The van der Waals surface area contributed by atoms with Crippen LogP contribution in [0, 0.1) is 13.8 Å². The summed E-state index contributed by atoms with van der Waals surface area (Å²) in [5, 5.41) is 4.30. The zero-order valence-corrected chi connectivity index (χ0v) is 17.0. The van der Waals surface area contributed by atoms with E-state index in [0.29, 0.717) is 10.8 Å². The number of nitrogens with zero attached hydrogens (tertiary/aromatic N) is 2. The molecule has 0 fully saturated rings. The number of amides is 1. The third kappa shape index (κ3) is 4.81. The molecular weight excluding hydrogens is 380 g/mol. The highest BCUT2D eigenvalue weighted by molar-refractivity contribution is 7.14. The minimum absolute atomic E-state index is 0.0966. The maximum atomic E-state index is 12.2. The van der Waals surface area contributed by atoms with Crippen molar-refractivity contribution < 1.29 is 14.3 Å². The smallest absolute Gasteiger partial charge is 0.311 e. The number of benzene rings is 1. The number of aryl methyl sites for hydroxylation is 2. The summed E-state index contributed by atoms with van der Waals surface area (Å²) in [5.74, 6) is -0.404. The molecule has 0 saturated heterocycles. The van der Waals surface area contributed by atoms with Crippen LogP contribution in [0.1, 0.15) is 28.6 Å². The van der Waals surface area contributed by atoms with Crippen LogP contribution < -0.4 is 4.90 Å². The number of anilines is 2. The van der Waals surface area contributed by atoms with Gasteiger partial charge in [-0.15, -0.1) is 22.7 Å². The van der Waals surface area contributed by atoms with Gasteiger partial charge in [0.05, 0.1) is 17.8 Å². The van der Waals surface area contributed by atoms with Gasteiger partial charge in [0.15, 0.2) is 5.13 Å². The Morgan fingerprint density at radius 1 is 1.15 bits per heavy atom. The molecule has 1 aromatic carbocycles. The van der Waals surface area contributed by atoms with Crippen molar-refractivity contribution in [3.63, 3.8) is 0 Å². The molecule has 3 aromatic rings. The summed E-state index contributed by atoms with van der Waals surface area (Å²) >= 11 is 2.88. The second-order valence-electron chi connectivity index (χ2n) is 6.16. The van der Waals surface area contributed by atoms with Gasteiger partial charge in [0, 0.05) is 17.2 Å². The van der Waals surface area contributed by atoms with Gasteiger partial charge in [-0.2, -0.15) is 0 Å². The summed E-state index contributed by atoms with van der Waals surface area (Å²) in [6.45, 7) is 5.65. The van der Waals surface area contributed by atoms with Crippen molar-refractivity contribution in [1.82, 2.24) is 4.98 Å². The Bertz CT molecular complexity index is 948. The summed E-state index contributed by atoms with van der Waals surface area (Å²) in [7, 11) is 0. The fourth-order valence-corrected chi connectivity index (χ4v) is 4.08. The van der Waals surface area contributed by atoms with Crippen molar-refractivity contribution in [2.45, 2.75) is 33.8 Å². The molecule has 140 valence electrons. The van der Waals surface area contributed by atoms with Crippen LogP contribution in [0.5, 0.6) is 0 Å². The molecule has 2 heterocycles. The zero-order valence-electron chi connectivity index (χ0n) is 15.4. The average Bonchev–Trinajstić information content (AvgIpc) is 3.28. The van der Waals surface area contributed by atoms with Gasteiger partial charge in [-0.1, -0.05) is 12.1 Å². The lowest BCUT2D eigenvalue weighted by Crippen LogP contribution is -2.22. The molecule has 0 N–H and O–H groups in total. The Morgan fingerprint density at radius 2 is 1.96 bits per heavy atom. The lowest BCUT2D eigenvalue weighted by Gasteiger charge is -2.19. The Morgan fingerprint density at radius 3 is 2.63 bits per heavy atom. The number of hydrogen-bond acceptors (Lipinski definition) is 6. The first-order valence-electron chi connectivity index (χ1n) is 8.44. The van der Waals surface area contributed by atoms with Gasteiger partial charge < -0.3 is 4.74 Å². The number of thiazole rings is 1. The molecule has 5 nitrogen and oxygen atoms in total. The number of esters is 1. The van der Waals surface area contributed by atoms with Crippen molar-refractivity contribution in [2.24, 2.45) is 0 Å². The molecule has 0 radical (unpaired) electrons. The van der Waals surface area contributed by atoms with Gasteiger partial charge in [0.25, 0.3) is 0 Å². The minimum Gasteiger partial charge on any atom is -0.459 e. The van der Waals surface area contributed by atoms with Crippen molar-refractivity contribution in [3.05, 3.63) is 62.8 Å². The van der Waals surface area contributed by atoms with Crippen LogP contribution in [0.25, 0.3) is 0 Å². The van der Waals surface area contributed by atoms with Crippen LogP contribution in [-0.2, 0) is 27.4 Å². The van der Waals surface area contributed by atoms with E-state index in [1.54, 1.807) is 4.90 Å². The Balaban J connectivity index is 1.69. The molecule has 0 atom stereocenters. The number of hydrogen-bond donors (Lipinski definition) is 0. The summed E-state index contributed by atoms with van der Waals surface area (Å²) in [6.07, 6.45) is 0.261. The number of carbonyl (C=O) groups excluding carboxylic acids is 2. The first-order valence-corrected chi connectivity index (χ1v) is 10.2. The Labute approximate surface area is 166 Å². The van der Waals surface area contributed by atoms with E-state index in [-0.39, 0.29) is 24.9 Å². The van der Waals surface area contributed by atoms with Crippen LogP contribution >= 0.6 is 22.7 Å². The summed E-state index contributed by atoms with van der Waals surface area (Å²) in [6, 6.07) is 9.68. The number of rotatable bonds is 6. The molecule has 0 aliphatic rings. The second kappa shape index (κ2) is 8.45. The first kappa shape index (κ1) is 19.3. The van der Waals surface area contributed by atoms with E-state index < -0.39 is 0 Å². The maximum Gasteiger partial charge on any atom is 0.311 e. The number of aromatic nitrogens is 1. The van der Waals surface area contributed by atoms with Crippen LogP contribution in [0.2, 0.25) is 0 Å². The van der Waals surface area contributed by atoms with Crippen LogP contribution in [-0.4, -0.2) is 16.9 Å². The van der Waals surface area contributed by atoms with Crippen LogP contribution in [0.15, 0.2) is 41.1 Å². The molecule has 0 saturated carbocycles. The molecule has 7 heteroatoms. The van der Waals surface area contributed by atoms with Gasteiger partial charge >= 0.3 is 5.97 Å². The standard InChI is InChI=1S/C20H20N2O3S2/c1-13-6-7-17(9-14(13)2)22(15(3)23)20-21-16(12-27-20)11-25-19(24)10-18-5-4-8-26-18/h4-9,12H,10-11H2,1-3H3. The molecule has 27 heavy (non-hydrogen) atoms. The highest BCUT2D eigenvalue weighted by atomic mass is 32.1. The fraction of sp³-hybridized carbons (Fsp3) is 0.250. The number of carbonyl (C=O) groups is 2. The largest absolute Gasteiger partial charge is 0.459 e. The van der Waals surface area contributed by atoms with E-state index in [1.807, 2.05) is 54.9 Å². The predicted octanol–water partition coefficient (Wildman–Crippen LogP) is 4.79. The first-order chi connectivity index (χ1) is 12.9. The molecule has 0 unspecified atom stereocenters. The lowest BCUT2D eigenvalue weighted by molar-refractivity contribution is -0.144. The van der Waals surface area contributed by atoms with E-state index >= 15 is 0 Å². The zero-order chi connectivity index (χ0) is 19.4. The number of thiophene rings is 1. The van der Waals surface area contributed by atoms with Crippen molar-refractivity contribution in [2.75, 3.05) is 4.90 Å². The van der Waals surface area contributed by atoms with E-state index in [4.69, 9.17) is 4.74 Å². The van der Waals surface area contributed by atoms with Gasteiger partial charge in [-0.05, 0) is 48.6 Å². The molecular formula is C20H20N2O3S2. The van der Waals surface area contributed by atoms with Gasteiger partial charge in [0.1, 0.15) is 6.61 Å². The number of ether oxygens (including phenoxy) is 1. The van der Waals surface area contributed by atoms with Gasteiger partial charge in [-0.3, -0.25) is 14.5 Å². The normalized spacial score (nSPS) is 10.6. The molecule has 0 aliphatic carbocycles. The molecule has 1 amide bonds. The monoisotopic (exact) mass is 400 g/mol. The Hall–Kier alpha value is -2.51. The highest BCUT2D eigenvalue weighted by Gasteiger charge is 2.19. The Kier molecular flexibility index (Phi) is 6.03. The van der Waals surface area contributed by atoms with E-state index in [0.717, 1.165) is 16.1 Å². The second-order valence-corrected chi connectivity index (χ2v) is 8.03. The van der Waals surface area contributed by atoms with Crippen LogP contribution in [0.3, 0.4) is 0 Å². The van der Waals surface area contributed by atoms with Crippen molar-refractivity contribution in [1.29, 1.82) is 0 Å². The molecule has 2 aromatic heterocycles.